The number of carbonyl (C=O) groups excluding carboxylic acids is 1. The highest BCUT2D eigenvalue weighted by atomic mass is 16.5. The Kier molecular flexibility index (Phi) is 7.08. The van der Waals surface area contributed by atoms with E-state index in [9.17, 15) is 9.90 Å². The Morgan fingerprint density at radius 3 is 2.70 bits per heavy atom. The summed E-state index contributed by atoms with van der Waals surface area (Å²) in [5.74, 6) is 1.03. The van der Waals surface area contributed by atoms with Crippen LogP contribution in [0.2, 0.25) is 0 Å². The van der Waals surface area contributed by atoms with Crippen LogP contribution in [0, 0.1) is 23.7 Å². The molecule has 3 aliphatic rings. The molecular weight excluding hydrogens is 410 g/mol. The molecule has 0 amide bonds. The third-order valence-electron chi connectivity index (χ3n) is 9.12. The first-order valence-corrected chi connectivity index (χ1v) is 13.0. The fourth-order valence-corrected chi connectivity index (χ4v) is 7.12. The molecule has 4 heteroatoms. The van der Waals surface area contributed by atoms with Crippen LogP contribution in [0.1, 0.15) is 72.3 Å². The number of piperidine rings is 1. The molecule has 0 radical (unpaired) electrons. The smallest absolute Gasteiger partial charge is 0.303 e. The van der Waals surface area contributed by atoms with Crippen LogP contribution in [-0.2, 0) is 14.9 Å². The molecule has 1 aromatic carbocycles. The maximum absolute atomic E-state index is 11.9. The minimum atomic E-state index is -0.794. The first-order valence-electron chi connectivity index (χ1n) is 13.0. The zero-order valence-electron chi connectivity index (χ0n) is 21.2. The zero-order valence-corrected chi connectivity index (χ0v) is 21.2. The van der Waals surface area contributed by atoms with Gasteiger partial charge in [-0.25, -0.2) is 0 Å². The molecular formula is C29H43NO3. The third-order valence-corrected chi connectivity index (χ3v) is 9.12. The number of hydrogen-bond donors (Lipinski definition) is 1. The second-order valence-corrected chi connectivity index (χ2v) is 11.6. The highest BCUT2D eigenvalue weighted by molar-refractivity contribution is 5.66. The molecule has 4 nitrogen and oxygen atoms in total. The van der Waals surface area contributed by atoms with Crippen LogP contribution in [-0.4, -0.2) is 47.3 Å². The summed E-state index contributed by atoms with van der Waals surface area (Å²) in [5, 5.41) is 11.9. The molecule has 0 aromatic heterocycles. The number of fused-ring (bicyclic) bond motifs is 1. The van der Waals surface area contributed by atoms with E-state index in [-0.39, 0.29) is 29.3 Å². The van der Waals surface area contributed by atoms with Gasteiger partial charge in [0, 0.05) is 37.8 Å². The van der Waals surface area contributed by atoms with Crippen molar-refractivity contribution >= 4 is 5.97 Å². The summed E-state index contributed by atoms with van der Waals surface area (Å²) >= 11 is 0. The number of carbonyl (C=O) groups is 1. The van der Waals surface area contributed by atoms with E-state index >= 15 is 0 Å². The minimum Gasteiger partial charge on any atom is -0.458 e. The van der Waals surface area contributed by atoms with E-state index in [4.69, 9.17) is 4.74 Å². The molecule has 2 fully saturated rings. The largest absolute Gasteiger partial charge is 0.458 e. The van der Waals surface area contributed by atoms with Gasteiger partial charge >= 0.3 is 5.97 Å². The standard InChI is InChI=1S/C29H43NO3/c1-20-16-26-25(13-12-22(3)29(26,32)17-27(20)33-23(4)31)21(2)18-30-15-9-14-28(5,19-30)24-10-7-6-8-11-24/h6-8,10-11,16,21-22,25-27,32H,9,12-15,17-19H2,1-5H3/t21-,22-,25+,26-,27-,28?,29-/m1/s1. The molecule has 4 rings (SSSR count). The summed E-state index contributed by atoms with van der Waals surface area (Å²) in [6, 6.07) is 11.0. The minimum absolute atomic E-state index is 0.133. The average molecular weight is 454 g/mol. The molecule has 0 bridgehead atoms. The van der Waals surface area contributed by atoms with E-state index in [1.165, 1.54) is 25.3 Å². The summed E-state index contributed by atoms with van der Waals surface area (Å²) in [7, 11) is 0. The molecule has 1 saturated carbocycles. The van der Waals surface area contributed by atoms with Crippen molar-refractivity contribution in [3.05, 3.63) is 47.5 Å². The van der Waals surface area contributed by atoms with Gasteiger partial charge in [-0.05, 0) is 68.0 Å². The maximum Gasteiger partial charge on any atom is 0.303 e. The van der Waals surface area contributed by atoms with Crippen LogP contribution in [0.4, 0.5) is 0 Å². The number of rotatable bonds is 5. The van der Waals surface area contributed by atoms with E-state index < -0.39 is 5.60 Å². The lowest BCUT2D eigenvalue weighted by molar-refractivity contribution is -0.159. The topological polar surface area (TPSA) is 49.8 Å². The van der Waals surface area contributed by atoms with E-state index in [2.05, 4.69) is 69.0 Å². The van der Waals surface area contributed by atoms with E-state index in [1.807, 2.05) is 0 Å². The van der Waals surface area contributed by atoms with Gasteiger partial charge in [0.1, 0.15) is 6.10 Å². The predicted molar refractivity (Wildman–Crippen MR) is 133 cm³/mol. The van der Waals surface area contributed by atoms with Crippen molar-refractivity contribution in [1.82, 2.24) is 4.90 Å². The number of ether oxygens (including phenoxy) is 1. The SMILES string of the molecule is CC(=O)O[C@@H]1C[C@@]2(O)[C@H](C)CC[C@@H]([C@H](C)CN3CCCC(C)(c4ccccc4)C3)[C@H]2C=C1C. The lowest BCUT2D eigenvalue weighted by atomic mass is 9.57. The molecule has 1 N–H and O–H groups in total. The molecule has 182 valence electrons. The van der Waals surface area contributed by atoms with Crippen molar-refractivity contribution in [2.45, 2.75) is 83.8 Å². The Morgan fingerprint density at radius 1 is 1.27 bits per heavy atom. The average Bonchev–Trinajstić information content (AvgIpc) is 2.76. The van der Waals surface area contributed by atoms with Gasteiger partial charge in [-0.15, -0.1) is 0 Å². The van der Waals surface area contributed by atoms with Gasteiger partial charge < -0.3 is 14.7 Å². The fraction of sp³-hybridized carbons (Fsp3) is 0.690. The van der Waals surface area contributed by atoms with Crippen molar-refractivity contribution < 1.29 is 14.6 Å². The zero-order chi connectivity index (χ0) is 23.8. The van der Waals surface area contributed by atoms with Crippen LogP contribution in [0.15, 0.2) is 42.0 Å². The first kappa shape index (κ1) is 24.5. The summed E-state index contributed by atoms with van der Waals surface area (Å²) in [6.07, 6.45) is 7.14. The molecule has 7 atom stereocenters. The molecule has 1 heterocycles. The summed E-state index contributed by atoms with van der Waals surface area (Å²) in [6.45, 7) is 13.8. The van der Waals surface area contributed by atoms with Gasteiger partial charge in [-0.3, -0.25) is 4.79 Å². The van der Waals surface area contributed by atoms with Crippen LogP contribution in [0.3, 0.4) is 0 Å². The Labute approximate surface area is 200 Å². The van der Waals surface area contributed by atoms with Crippen LogP contribution in [0.25, 0.3) is 0 Å². The van der Waals surface area contributed by atoms with Gasteiger partial charge in [0.05, 0.1) is 5.60 Å². The van der Waals surface area contributed by atoms with Crippen LogP contribution < -0.4 is 0 Å². The number of likely N-dealkylation sites (tertiary alicyclic amines) is 1. The number of benzene rings is 1. The van der Waals surface area contributed by atoms with Gasteiger partial charge in [0.2, 0.25) is 0 Å². The Morgan fingerprint density at radius 2 is 2.00 bits per heavy atom. The molecule has 1 unspecified atom stereocenters. The van der Waals surface area contributed by atoms with Crippen molar-refractivity contribution in [3.63, 3.8) is 0 Å². The molecule has 1 saturated heterocycles. The molecule has 33 heavy (non-hydrogen) atoms. The Bertz CT molecular complexity index is 867. The third kappa shape index (κ3) is 4.93. The maximum atomic E-state index is 11.9. The second-order valence-electron chi connectivity index (χ2n) is 11.6. The van der Waals surface area contributed by atoms with Gasteiger partial charge in [0.25, 0.3) is 0 Å². The number of aliphatic hydroxyl groups is 1. The molecule has 1 aliphatic heterocycles. The highest BCUT2D eigenvalue weighted by Crippen LogP contribution is 2.51. The summed E-state index contributed by atoms with van der Waals surface area (Å²) in [5.41, 5.74) is 1.96. The Balaban J connectivity index is 1.49. The van der Waals surface area contributed by atoms with E-state index in [0.717, 1.165) is 38.0 Å². The predicted octanol–water partition coefficient (Wildman–Crippen LogP) is 5.35. The van der Waals surface area contributed by atoms with Crippen LogP contribution in [0.5, 0.6) is 0 Å². The Hall–Kier alpha value is -1.65. The van der Waals surface area contributed by atoms with E-state index in [0.29, 0.717) is 18.3 Å². The van der Waals surface area contributed by atoms with Crippen molar-refractivity contribution in [1.29, 1.82) is 0 Å². The van der Waals surface area contributed by atoms with Crippen molar-refractivity contribution in [2.75, 3.05) is 19.6 Å². The van der Waals surface area contributed by atoms with Gasteiger partial charge in [-0.2, -0.15) is 0 Å². The lowest BCUT2D eigenvalue weighted by Gasteiger charge is -2.53. The number of hydrogen-bond acceptors (Lipinski definition) is 4. The van der Waals surface area contributed by atoms with Gasteiger partial charge in [-0.1, -0.05) is 57.2 Å². The normalized spacial score (nSPS) is 38.2. The second kappa shape index (κ2) is 9.54. The van der Waals surface area contributed by atoms with E-state index in [1.54, 1.807) is 0 Å². The molecule has 2 aliphatic carbocycles. The first-order chi connectivity index (χ1) is 15.6. The fourth-order valence-electron chi connectivity index (χ4n) is 7.12. The summed E-state index contributed by atoms with van der Waals surface area (Å²) < 4.78 is 5.57. The van der Waals surface area contributed by atoms with Crippen molar-refractivity contribution in [2.24, 2.45) is 23.7 Å². The quantitative estimate of drug-likeness (QED) is 0.482. The number of esters is 1. The van der Waals surface area contributed by atoms with Crippen LogP contribution >= 0.6 is 0 Å². The lowest BCUT2D eigenvalue weighted by Crippen LogP contribution is -2.56. The molecule has 0 spiro atoms. The molecule has 1 aromatic rings. The summed E-state index contributed by atoms with van der Waals surface area (Å²) in [4.78, 5) is 14.3. The van der Waals surface area contributed by atoms with Gasteiger partial charge in [0.15, 0.2) is 0 Å². The number of nitrogens with zero attached hydrogens (tertiary/aromatic N) is 1. The highest BCUT2D eigenvalue weighted by Gasteiger charge is 2.53. The monoisotopic (exact) mass is 453 g/mol. The van der Waals surface area contributed by atoms with Crippen molar-refractivity contribution in [3.8, 4) is 0 Å².